The lowest BCUT2D eigenvalue weighted by Gasteiger charge is -2.32. The van der Waals surface area contributed by atoms with Crippen molar-refractivity contribution < 1.29 is 29.3 Å². The topological polar surface area (TPSA) is 93.1 Å². The van der Waals surface area contributed by atoms with Crippen LogP contribution in [0.4, 0.5) is 0 Å². The molecule has 5 atom stereocenters. The summed E-state index contributed by atoms with van der Waals surface area (Å²) >= 11 is 0. The van der Waals surface area contributed by atoms with Crippen molar-refractivity contribution in [1.82, 2.24) is 0 Å². The van der Waals surface area contributed by atoms with Crippen LogP contribution >= 0.6 is 0 Å². The van der Waals surface area contributed by atoms with E-state index in [1.165, 1.54) is 12.2 Å². The number of carbonyl (C=O) groups excluding carboxylic acids is 2. The van der Waals surface area contributed by atoms with Gasteiger partial charge < -0.3 is 19.7 Å². The van der Waals surface area contributed by atoms with Crippen molar-refractivity contribution in [3.8, 4) is 0 Å². The van der Waals surface area contributed by atoms with Crippen LogP contribution in [0.1, 0.15) is 34.1 Å². The highest BCUT2D eigenvalue weighted by atomic mass is 16.6. The number of ether oxygens (including phenoxy) is 2. The molecule has 0 spiro atoms. The number of carbonyl (C=O) groups is 2. The molecule has 0 aromatic rings. The third kappa shape index (κ3) is 4.31. The molecule has 0 bridgehead atoms. The first-order valence-electron chi connectivity index (χ1n) is 8.57. The van der Waals surface area contributed by atoms with Crippen LogP contribution in [0.15, 0.2) is 47.6 Å². The molecule has 2 N–H and O–H groups in total. The predicted molar refractivity (Wildman–Crippen MR) is 96.0 cm³/mol. The van der Waals surface area contributed by atoms with Crippen LogP contribution in [0.3, 0.4) is 0 Å². The second-order valence-corrected chi connectivity index (χ2v) is 7.11. The van der Waals surface area contributed by atoms with E-state index in [4.69, 9.17) is 9.47 Å². The van der Waals surface area contributed by atoms with Crippen LogP contribution in [-0.2, 0) is 19.1 Å². The molecular weight excluding hydrogens is 336 g/mol. The van der Waals surface area contributed by atoms with Crippen molar-refractivity contribution in [2.75, 3.05) is 0 Å². The summed E-state index contributed by atoms with van der Waals surface area (Å²) in [6.45, 7) is 10.4. The van der Waals surface area contributed by atoms with Crippen LogP contribution < -0.4 is 0 Å². The minimum absolute atomic E-state index is 0.0304. The van der Waals surface area contributed by atoms with Crippen LogP contribution in [0.25, 0.3) is 0 Å². The third-order valence-electron chi connectivity index (χ3n) is 4.82. The summed E-state index contributed by atoms with van der Waals surface area (Å²) in [5.74, 6) is -1.74. The monoisotopic (exact) mass is 362 g/mol. The molecule has 6 nitrogen and oxygen atoms in total. The highest BCUT2D eigenvalue weighted by molar-refractivity contribution is 5.92. The van der Waals surface area contributed by atoms with Gasteiger partial charge in [0.15, 0.2) is 0 Å². The first-order valence-corrected chi connectivity index (χ1v) is 8.57. The van der Waals surface area contributed by atoms with Crippen LogP contribution in [0, 0.1) is 5.92 Å². The van der Waals surface area contributed by atoms with E-state index in [0.29, 0.717) is 11.1 Å². The summed E-state index contributed by atoms with van der Waals surface area (Å²) in [4.78, 5) is 24.4. The van der Waals surface area contributed by atoms with Crippen molar-refractivity contribution in [2.45, 2.75) is 58.0 Å². The van der Waals surface area contributed by atoms with Gasteiger partial charge in [-0.25, -0.2) is 9.59 Å². The van der Waals surface area contributed by atoms with Gasteiger partial charge in [0, 0.05) is 17.6 Å². The Kier molecular flexibility index (Phi) is 5.88. The Balaban J connectivity index is 2.48. The fourth-order valence-electron chi connectivity index (χ4n) is 3.05. The Morgan fingerprint density at radius 3 is 2.77 bits per heavy atom. The van der Waals surface area contributed by atoms with Crippen molar-refractivity contribution in [3.05, 3.63) is 47.6 Å². The highest BCUT2D eigenvalue weighted by Crippen LogP contribution is 2.37. The van der Waals surface area contributed by atoms with Gasteiger partial charge in [0.2, 0.25) is 0 Å². The van der Waals surface area contributed by atoms with Crippen molar-refractivity contribution in [2.24, 2.45) is 5.92 Å². The molecule has 6 heteroatoms. The second-order valence-electron chi connectivity index (χ2n) is 7.11. The quantitative estimate of drug-likeness (QED) is 0.443. The maximum atomic E-state index is 12.3. The maximum absolute atomic E-state index is 12.3. The molecule has 0 radical (unpaired) electrons. The van der Waals surface area contributed by atoms with E-state index in [1.807, 2.05) is 0 Å². The summed E-state index contributed by atoms with van der Waals surface area (Å²) in [5, 5.41) is 20.9. The Hall–Kier alpha value is -2.18. The maximum Gasteiger partial charge on any atom is 0.334 e. The van der Waals surface area contributed by atoms with Gasteiger partial charge in [0.05, 0.1) is 17.6 Å². The molecule has 1 saturated heterocycles. The molecule has 142 valence electrons. The molecule has 0 aromatic heterocycles. The van der Waals surface area contributed by atoms with E-state index in [0.717, 1.165) is 0 Å². The second kappa shape index (κ2) is 7.60. The SMILES string of the molecule is C=C1C(=O)O[C@@H]2/C=C(/C)C(O)/C=C\[C@](C)(O)CC(OC(=O)/C(C)=C/C)[C@@H]12. The summed E-state index contributed by atoms with van der Waals surface area (Å²) in [7, 11) is 0. The van der Waals surface area contributed by atoms with E-state index in [1.54, 1.807) is 39.8 Å². The number of rotatable bonds is 2. The highest BCUT2D eigenvalue weighted by Gasteiger charge is 2.46. The minimum Gasteiger partial charge on any atom is -0.458 e. The normalized spacial score (nSPS) is 38.7. The lowest BCUT2D eigenvalue weighted by atomic mass is 9.82. The van der Waals surface area contributed by atoms with Gasteiger partial charge in [-0.1, -0.05) is 24.8 Å². The Morgan fingerprint density at radius 1 is 1.50 bits per heavy atom. The van der Waals surface area contributed by atoms with Gasteiger partial charge in [-0.15, -0.1) is 0 Å². The van der Waals surface area contributed by atoms with E-state index >= 15 is 0 Å². The number of fused-ring (bicyclic) bond motifs is 1. The van der Waals surface area contributed by atoms with Crippen LogP contribution in [-0.4, -0.2) is 46.1 Å². The zero-order valence-corrected chi connectivity index (χ0v) is 15.6. The van der Waals surface area contributed by atoms with Crippen molar-refractivity contribution in [3.63, 3.8) is 0 Å². The third-order valence-corrected chi connectivity index (χ3v) is 4.82. The Bertz CT molecular complexity index is 697. The lowest BCUT2D eigenvalue weighted by Crippen LogP contribution is -2.40. The van der Waals surface area contributed by atoms with Crippen molar-refractivity contribution in [1.29, 1.82) is 0 Å². The van der Waals surface area contributed by atoms with Gasteiger partial charge in [-0.05, 0) is 39.3 Å². The fraction of sp³-hybridized carbons (Fsp3) is 0.500. The fourth-order valence-corrected chi connectivity index (χ4v) is 3.05. The molecule has 1 heterocycles. The smallest absolute Gasteiger partial charge is 0.334 e. The first-order chi connectivity index (χ1) is 12.1. The molecular formula is C20H26O6. The number of allylic oxidation sites excluding steroid dienone is 1. The Labute approximate surface area is 153 Å². The van der Waals surface area contributed by atoms with E-state index in [-0.39, 0.29) is 12.0 Å². The molecule has 26 heavy (non-hydrogen) atoms. The number of esters is 2. The molecule has 2 rings (SSSR count). The van der Waals surface area contributed by atoms with Crippen molar-refractivity contribution >= 4 is 11.9 Å². The molecule has 0 amide bonds. The molecule has 1 fully saturated rings. The average molecular weight is 362 g/mol. The molecule has 2 aliphatic rings. The van der Waals surface area contributed by atoms with Gasteiger partial charge in [0.1, 0.15) is 12.2 Å². The van der Waals surface area contributed by atoms with Crippen LogP contribution in [0.5, 0.6) is 0 Å². The number of aliphatic hydroxyl groups is 2. The van der Waals surface area contributed by atoms with Gasteiger partial charge in [-0.2, -0.15) is 0 Å². The predicted octanol–water partition coefficient (Wildman–Crippen LogP) is 1.98. The average Bonchev–Trinajstić information content (AvgIpc) is 2.84. The van der Waals surface area contributed by atoms with E-state index in [2.05, 4.69) is 6.58 Å². The molecule has 2 unspecified atom stereocenters. The number of hydrogen-bond acceptors (Lipinski definition) is 6. The molecule has 0 aromatic carbocycles. The zero-order valence-electron chi connectivity index (χ0n) is 15.6. The Morgan fingerprint density at radius 2 is 2.15 bits per heavy atom. The number of hydrogen-bond donors (Lipinski definition) is 2. The van der Waals surface area contributed by atoms with E-state index in [9.17, 15) is 19.8 Å². The standard InChI is InChI=1S/C20H26O6/c1-6-11(2)18(22)26-16-10-20(5,24)8-7-14(21)12(3)9-15-17(16)13(4)19(23)25-15/h6-9,14-17,21,24H,4,10H2,1-3,5H3/b8-7-,11-6+,12-9-/t14?,15-,16?,17+,20+/m1/s1. The zero-order chi connectivity index (χ0) is 19.6. The van der Waals surface area contributed by atoms with Crippen LogP contribution in [0.2, 0.25) is 0 Å². The summed E-state index contributed by atoms with van der Waals surface area (Å²) in [5.41, 5.74) is -0.188. The van der Waals surface area contributed by atoms with Gasteiger partial charge in [-0.3, -0.25) is 0 Å². The molecule has 1 aliphatic heterocycles. The summed E-state index contributed by atoms with van der Waals surface area (Å²) in [6.07, 6.45) is 3.77. The number of aliphatic hydroxyl groups excluding tert-OH is 1. The van der Waals surface area contributed by atoms with E-state index < -0.39 is 41.8 Å². The minimum atomic E-state index is -1.36. The molecule has 1 aliphatic carbocycles. The van der Waals surface area contributed by atoms with Gasteiger partial charge >= 0.3 is 11.9 Å². The summed E-state index contributed by atoms with van der Waals surface area (Å²) < 4.78 is 11.0. The summed E-state index contributed by atoms with van der Waals surface area (Å²) in [6, 6.07) is 0. The molecule has 0 saturated carbocycles. The first kappa shape index (κ1) is 20.1. The largest absolute Gasteiger partial charge is 0.458 e. The van der Waals surface area contributed by atoms with Gasteiger partial charge in [0.25, 0.3) is 0 Å². The lowest BCUT2D eigenvalue weighted by molar-refractivity contribution is -0.150.